The molecule has 0 radical (unpaired) electrons. The summed E-state index contributed by atoms with van der Waals surface area (Å²) in [6.45, 7) is 1.35. The van der Waals surface area contributed by atoms with Crippen LogP contribution >= 0.6 is 23.2 Å². The van der Waals surface area contributed by atoms with Gasteiger partial charge in [-0.1, -0.05) is 35.3 Å². The number of anilines is 1. The van der Waals surface area contributed by atoms with Crippen LogP contribution in [0.2, 0.25) is 10.0 Å². The molecule has 0 aliphatic rings. The van der Waals surface area contributed by atoms with Gasteiger partial charge >= 0.3 is 0 Å². The van der Waals surface area contributed by atoms with Crippen LogP contribution in [0.1, 0.15) is 24.5 Å². The fraction of sp³-hybridized carbons (Fsp3) is 0.238. The minimum absolute atomic E-state index is 0.00896. The van der Waals surface area contributed by atoms with Gasteiger partial charge in [-0.2, -0.15) is 0 Å². The molecule has 0 atom stereocenters. The molecule has 2 amide bonds. The van der Waals surface area contributed by atoms with Gasteiger partial charge in [0.05, 0.1) is 35.0 Å². The number of rotatable bonds is 7. The van der Waals surface area contributed by atoms with Crippen LogP contribution in [0.3, 0.4) is 0 Å². The minimum atomic E-state index is -0.365. The summed E-state index contributed by atoms with van der Waals surface area (Å²) < 4.78 is 5.20. The molecule has 0 saturated carbocycles. The molecule has 0 saturated heterocycles. The Morgan fingerprint density at radius 1 is 1.17 bits per heavy atom. The third-order valence-corrected chi connectivity index (χ3v) is 4.67. The standard InChI is InChI=1S/C21H22Cl2N4O3/c1-12(28)26-21-16(22)7-13(8-17(21)23)9-19(24)27-20(29)11-18(25-2)14-5-4-6-15(10-14)30-3/h4-8,10H,9,11H2,1-3H3,(H,26,28)(H2,24,27,29). The summed E-state index contributed by atoms with van der Waals surface area (Å²) in [4.78, 5) is 27.8. The van der Waals surface area contributed by atoms with Crippen molar-refractivity contribution in [2.45, 2.75) is 19.8 Å². The van der Waals surface area contributed by atoms with E-state index in [1.54, 1.807) is 38.4 Å². The minimum Gasteiger partial charge on any atom is -0.497 e. The molecule has 3 N–H and O–H groups in total. The number of ether oxygens (including phenoxy) is 1. The molecule has 0 bridgehead atoms. The summed E-state index contributed by atoms with van der Waals surface area (Å²) in [6, 6.07) is 10.4. The number of halogens is 2. The second-order valence-corrected chi connectivity index (χ2v) is 7.21. The van der Waals surface area contributed by atoms with Crippen LogP contribution in [0.15, 0.2) is 41.4 Å². The van der Waals surface area contributed by atoms with Gasteiger partial charge in [0.25, 0.3) is 0 Å². The largest absolute Gasteiger partial charge is 0.497 e. The van der Waals surface area contributed by atoms with E-state index in [1.165, 1.54) is 6.92 Å². The maximum absolute atomic E-state index is 12.4. The van der Waals surface area contributed by atoms with Crippen molar-refractivity contribution in [2.75, 3.05) is 19.5 Å². The van der Waals surface area contributed by atoms with Crippen molar-refractivity contribution in [1.29, 1.82) is 5.41 Å². The van der Waals surface area contributed by atoms with E-state index in [4.69, 9.17) is 33.3 Å². The molecule has 2 rings (SSSR count). The second kappa shape index (κ2) is 10.8. The first-order valence-corrected chi connectivity index (χ1v) is 9.72. The molecule has 0 aliphatic heterocycles. The van der Waals surface area contributed by atoms with Gasteiger partial charge in [-0.05, 0) is 35.4 Å². The zero-order valence-corrected chi connectivity index (χ0v) is 18.3. The molecule has 0 spiro atoms. The number of aliphatic imine (C=N–C) groups is 1. The molecule has 0 unspecified atom stereocenters. The van der Waals surface area contributed by atoms with Crippen LogP contribution in [-0.2, 0) is 16.0 Å². The number of nitrogens with one attached hydrogen (secondary N) is 3. The molecular weight excluding hydrogens is 427 g/mol. The Balaban J connectivity index is 2.02. The summed E-state index contributed by atoms with van der Waals surface area (Å²) in [6.07, 6.45) is 0.123. The number of amidine groups is 1. The number of hydrogen-bond acceptors (Lipinski definition) is 5. The Bertz CT molecular complexity index is 982. The Hall–Kier alpha value is -2.90. The van der Waals surface area contributed by atoms with Crippen molar-refractivity contribution < 1.29 is 14.3 Å². The van der Waals surface area contributed by atoms with Gasteiger partial charge in [0.1, 0.15) is 11.6 Å². The SMILES string of the molecule is CN=C(CC(=O)NC(=N)Cc1cc(Cl)c(NC(C)=O)c(Cl)c1)c1cccc(OC)c1. The van der Waals surface area contributed by atoms with E-state index in [0.717, 1.165) is 5.56 Å². The van der Waals surface area contributed by atoms with E-state index in [9.17, 15) is 9.59 Å². The van der Waals surface area contributed by atoms with Crippen LogP contribution in [0.4, 0.5) is 5.69 Å². The highest BCUT2D eigenvalue weighted by atomic mass is 35.5. The third-order valence-electron chi connectivity index (χ3n) is 4.08. The number of methoxy groups -OCH3 is 1. The predicted octanol–water partition coefficient (Wildman–Crippen LogP) is 4.11. The zero-order chi connectivity index (χ0) is 22.3. The number of nitrogens with zero attached hydrogens (tertiary/aromatic N) is 1. The van der Waals surface area contributed by atoms with Crippen molar-refractivity contribution in [2.24, 2.45) is 4.99 Å². The van der Waals surface area contributed by atoms with E-state index >= 15 is 0 Å². The molecule has 158 valence electrons. The zero-order valence-electron chi connectivity index (χ0n) is 16.8. The number of hydrogen-bond donors (Lipinski definition) is 3. The van der Waals surface area contributed by atoms with E-state index in [1.807, 2.05) is 12.1 Å². The average Bonchev–Trinajstić information content (AvgIpc) is 2.68. The van der Waals surface area contributed by atoms with Crippen LogP contribution in [0.5, 0.6) is 5.75 Å². The number of carbonyl (C=O) groups is 2. The first-order valence-electron chi connectivity index (χ1n) is 8.96. The molecule has 0 fully saturated rings. The summed E-state index contributed by atoms with van der Waals surface area (Å²) in [5, 5.41) is 13.7. The Kier molecular flexibility index (Phi) is 8.38. The monoisotopic (exact) mass is 448 g/mol. The van der Waals surface area contributed by atoms with E-state index < -0.39 is 0 Å². The number of benzene rings is 2. The molecule has 0 aromatic heterocycles. The van der Waals surface area contributed by atoms with Gasteiger partial charge in [-0.3, -0.25) is 20.0 Å². The Morgan fingerprint density at radius 2 is 1.83 bits per heavy atom. The summed E-state index contributed by atoms with van der Waals surface area (Å²) in [5.74, 6) is -0.00904. The molecule has 30 heavy (non-hydrogen) atoms. The smallest absolute Gasteiger partial charge is 0.231 e. The highest BCUT2D eigenvalue weighted by Crippen LogP contribution is 2.32. The molecule has 0 aliphatic carbocycles. The van der Waals surface area contributed by atoms with Gasteiger partial charge < -0.3 is 15.4 Å². The summed E-state index contributed by atoms with van der Waals surface area (Å²) in [7, 11) is 3.17. The van der Waals surface area contributed by atoms with Crippen molar-refractivity contribution in [3.8, 4) is 5.75 Å². The van der Waals surface area contributed by atoms with Gasteiger partial charge in [0, 0.05) is 20.4 Å². The maximum atomic E-state index is 12.4. The number of carbonyl (C=O) groups excluding carboxylic acids is 2. The quantitative estimate of drug-likeness (QED) is 0.438. The van der Waals surface area contributed by atoms with E-state index in [0.29, 0.717) is 22.7 Å². The summed E-state index contributed by atoms with van der Waals surface area (Å²) in [5.41, 5.74) is 2.28. The molecular formula is C21H22Cl2N4O3. The maximum Gasteiger partial charge on any atom is 0.231 e. The van der Waals surface area contributed by atoms with Crippen molar-refractivity contribution >= 4 is 52.3 Å². The molecule has 7 nitrogen and oxygen atoms in total. The summed E-state index contributed by atoms with van der Waals surface area (Å²) >= 11 is 12.3. The van der Waals surface area contributed by atoms with Gasteiger partial charge in [-0.25, -0.2) is 0 Å². The molecule has 2 aromatic rings. The lowest BCUT2D eigenvalue weighted by molar-refractivity contribution is -0.118. The van der Waals surface area contributed by atoms with Gasteiger partial charge in [0.15, 0.2) is 0 Å². The molecule has 9 heteroatoms. The first kappa shape index (κ1) is 23.4. The fourth-order valence-electron chi connectivity index (χ4n) is 2.75. The van der Waals surface area contributed by atoms with Crippen molar-refractivity contribution in [1.82, 2.24) is 5.32 Å². The van der Waals surface area contributed by atoms with Crippen LogP contribution < -0.4 is 15.4 Å². The Labute approximate surface area is 184 Å². The lowest BCUT2D eigenvalue weighted by atomic mass is 10.1. The van der Waals surface area contributed by atoms with Crippen molar-refractivity contribution in [3.63, 3.8) is 0 Å². The lowest BCUT2D eigenvalue weighted by Crippen LogP contribution is -2.32. The van der Waals surface area contributed by atoms with Gasteiger partial charge in [0.2, 0.25) is 11.8 Å². The van der Waals surface area contributed by atoms with Gasteiger partial charge in [-0.15, -0.1) is 0 Å². The van der Waals surface area contributed by atoms with E-state index in [-0.39, 0.29) is 40.5 Å². The second-order valence-electron chi connectivity index (χ2n) is 6.40. The highest BCUT2D eigenvalue weighted by molar-refractivity contribution is 6.39. The van der Waals surface area contributed by atoms with Crippen LogP contribution in [-0.4, -0.2) is 37.5 Å². The third kappa shape index (κ3) is 6.57. The van der Waals surface area contributed by atoms with Crippen LogP contribution in [0.25, 0.3) is 0 Å². The highest BCUT2D eigenvalue weighted by Gasteiger charge is 2.14. The average molecular weight is 449 g/mol. The fourth-order valence-corrected chi connectivity index (χ4v) is 3.38. The normalized spacial score (nSPS) is 11.0. The first-order chi connectivity index (χ1) is 14.2. The van der Waals surface area contributed by atoms with E-state index in [2.05, 4.69) is 15.6 Å². The predicted molar refractivity (Wildman–Crippen MR) is 120 cm³/mol. The van der Waals surface area contributed by atoms with Crippen LogP contribution in [0, 0.1) is 5.41 Å². The Morgan fingerprint density at radius 3 is 2.40 bits per heavy atom. The topological polar surface area (TPSA) is 104 Å². The molecule has 0 heterocycles. The lowest BCUT2D eigenvalue weighted by Gasteiger charge is -2.12. The number of amides is 2. The van der Waals surface area contributed by atoms with Crippen molar-refractivity contribution in [3.05, 3.63) is 57.6 Å². The molecule has 2 aromatic carbocycles.